The fourth-order valence-corrected chi connectivity index (χ4v) is 4.84. The number of carbonyl (C=O) groups is 6. The number of likely N-dealkylation sites (tertiary alicyclic amines) is 1. The van der Waals surface area contributed by atoms with Gasteiger partial charge in [-0.3, -0.25) is 29.0 Å². The Morgan fingerprint density at radius 2 is 1.58 bits per heavy atom. The van der Waals surface area contributed by atoms with E-state index in [0.717, 1.165) is 5.92 Å². The molecule has 1 aromatic heterocycles. The highest BCUT2D eigenvalue weighted by molar-refractivity contribution is 6.37. The lowest BCUT2D eigenvalue weighted by Gasteiger charge is -2.36. The molecule has 1 saturated carbocycles. The summed E-state index contributed by atoms with van der Waals surface area (Å²) < 4.78 is 0. The Hall–Kier alpha value is -3.83. The fraction of sp³-hybridized carbons (Fsp3) is 0.645. The molecule has 3 unspecified atom stereocenters. The molecule has 4 atom stereocenters. The molecule has 1 aromatic rings. The molecule has 0 spiro atoms. The van der Waals surface area contributed by atoms with E-state index in [9.17, 15) is 28.8 Å². The molecule has 1 saturated heterocycles. The largest absolute Gasteiger partial charge is 0.363 e. The Balaban J connectivity index is 0.00000116. The quantitative estimate of drug-likeness (QED) is 0.235. The first-order chi connectivity index (χ1) is 20.0. The van der Waals surface area contributed by atoms with Crippen LogP contribution in [0.2, 0.25) is 0 Å². The lowest BCUT2D eigenvalue weighted by atomic mass is 9.85. The van der Waals surface area contributed by atoms with Gasteiger partial charge in [-0.2, -0.15) is 0 Å². The van der Waals surface area contributed by atoms with E-state index in [1.165, 1.54) is 37.3 Å². The first-order valence-corrected chi connectivity index (χ1v) is 15.0. The minimum absolute atomic E-state index is 0.213. The number of urea groups is 1. The summed E-state index contributed by atoms with van der Waals surface area (Å²) in [5, 5.41) is 7.82. The number of carbonyl (C=O) groups excluding carboxylic acids is 6. The van der Waals surface area contributed by atoms with Crippen LogP contribution in [0.25, 0.3) is 0 Å². The number of primary amides is 1. The molecule has 12 heteroatoms. The van der Waals surface area contributed by atoms with Crippen molar-refractivity contribution in [2.45, 2.75) is 105 Å². The molecular weight excluding hydrogens is 552 g/mol. The zero-order valence-electron chi connectivity index (χ0n) is 26.4. The van der Waals surface area contributed by atoms with Gasteiger partial charge in [0.1, 0.15) is 17.8 Å². The first kappa shape index (κ1) is 35.4. The molecule has 238 valence electrons. The Bertz CT molecular complexity index is 1160. The number of hydrogen-bond acceptors (Lipinski definition) is 7. The summed E-state index contributed by atoms with van der Waals surface area (Å²) in [6.45, 7) is 12.8. The molecule has 5 N–H and O–H groups in total. The van der Waals surface area contributed by atoms with Crippen molar-refractivity contribution in [3.63, 3.8) is 0 Å². The van der Waals surface area contributed by atoms with E-state index in [1.54, 1.807) is 52.8 Å². The van der Waals surface area contributed by atoms with Crippen molar-refractivity contribution in [2.75, 3.05) is 6.54 Å². The van der Waals surface area contributed by atoms with Crippen LogP contribution >= 0.6 is 0 Å². The van der Waals surface area contributed by atoms with Crippen molar-refractivity contribution in [2.24, 2.45) is 23.0 Å². The van der Waals surface area contributed by atoms with Gasteiger partial charge in [0.05, 0.1) is 12.1 Å². The molecular formula is C31H48N6O6. The van der Waals surface area contributed by atoms with Crippen LogP contribution in [0.5, 0.6) is 0 Å². The lowest BCUT2D eigenvalue weighted by Crippen LogP contribution is -2.61. The van der Waals surface area contributed by atoms with Gasteiger partial charge in [-0.05, 0) is 49.1 Å². The second-order valence-electron chi connectivity index (χ2n) is 12.9. The molecule has 3 rings (SSSR count). The van der Waals surface area contributed by atoms with Crippen molar-refractivity contribution < 1.29 is 28.8 Å². The number of nitrogens with two attached hydrogens (primary N) is 1. The third-order valence-corrected chi connectivity index (χ3v) is 7.77. The molecule has 43 heavy (non-hydrogen) atoms. The van der Waals surface area contributed by atoms with Crippen molar-refractivity contribution in [1.29, 1.82) is 0 Å². The van der Waals surface area contributed by atoms with Crippen LogP contribution in [0.1, 0.15) is 91.1 Å². The number of Topliss-reactive ketones (excluding diaryl/α,β-unsaturated/α-hetero) is 2. The maximum Gasteiger partial charge on any atom is 0.316 e. The third kappa shape index (κ3) is 10.1. The molecule has 1 aliphatic heterocycles. The van der Waals surface area contributed by atoms with Gasteiger partial charge >= 0.3 is 6.03 Å². The summed E-state index contributed by atoms with van der Waals surface area (Å²) in [6, 6.07) is 0.298. The minimum atomic E-state index is -1.17. The first-order valence-electron chi connectivity index (χ1n) is 15.0. The second kappa shape index (κ2) is 15.6. The number of pyridine rings is 1. The summed E-state index contributed by atoms with van der Waals surface area (Å²) in [5.74, 6) is -2.72. The fourth-order valence-electron chi connectivity index (χ4n) is 4.84. The van der Waals surface area contributed by atoms with E-state index in [2.05, 4.69) is 27.9 Å². The van der Waals surface area contributed by atoms with Crippen LogP contribution in [0, 0.1) is 17.3 Å². The molecule has 0 aromatic carbocycles. The summed E-state index contributed by atoms with van der Waals surface area (Å²) in [5.41, 5.74) is 4.47. The van der Waals surface area contributed by atoms with E-state index in [4.69, 9.17) is 5.73 Å². The molecule has 2 heterocycles. The third-order valence-electron chi connectivity index (χ3n) is 7.77. The highest BCUT2D eigenvalue weighted by Crippen LogP contribution is 2.26. The predicted octanol–water partition coefficient (Wildman–Crippen LogP) is 2.36. The molecule has 5 amide bonds. The Kier molecular flexibility index (Phi) is 12.8. The monoisotopic (exact) mass is 600 g/mol. The van der Waals surface area contributed by atoms with Crippen LogP contribution in [-0.4, -0.2) is 75.9 Å². The number of ketones is 2. The number of amides is 5. The van der Waals surface area contributed by atoms with E-state index < -0.39 is 59.1 Å². The smallest absolute Gasteiger partial charge is 0.316 e. The van der Waals surface area contributed by atoms with Crippen LogP contribution in [0.4, 0.5) is 4.79 Å². The van der Waals surface area contributed by atoms with Crippen LogP contribution in [0.3, 0.4) is 0 Å². The number of nitrogens with one attached hydrogen (secondary N) is 3. The van der Waals surface area contributed by atoms with Gasteiger partial charge in [0, 0.05) is 12.7 Å². The standard InChI is InChI=1S/C26H38N6O6.C5H10/c1-14(2)18(20(34)16-10-7-8-12-28-16)30-25(38)31-21(26(4,5)6)24(37)32-13-9-11-17(32)23(36)29-15(3)19(33)22(27)35;1-5-3-2-4-5/h7-8,10,12,14-15,17-18,21H,9,11,13H2,1-6H3,(H2,27,35)(H,29,36)(H2,30,31,38);5H,2-4H2,1H3/t15?,17-,18?,21?;/m0./s1. The second-order valence-corrected chi connectivity index (χ2v) is 12.9. The minimum Gasteiger partial charge on any atom is -0.363 e. The van der Waals surface area contributed by atoms with Crippen LogP contribution < -0.4 is 21.7 Å². The zero-order valence-corrected chi connectivity index (χ0v) is 26.4. The summed E-state index contributed by atoms with van der Waals surface area (Å²) in [4.78, 5) is 80.9. The van der Waals surface area contributed by atoms with E-state index in [0.29, 0.717) is 12.8 Å². The molecule has 1 aliphatic carbocycles. The van der Waals surface area contributed by atoms with E-state index in [1.807, 2.05) is 0 Å². The number of rotatable bonds is 10. The summed E-state index contributed by atoms with van der Waals surface area (Å²) in [7, 11) is 0. The van der Waals surface area contributed by atoms with E-state index in [-0.39, 0.29) is 23.9 Å². The topological polar surface area (TPSA) is 181 Å². The Morgan fingerprint density at radius 1 is 0.953 bits per heavy atom. The van der Waals surface area contributed by atoms with Gasteiger partial charge in [-0.15, -0.1) is 0 Å². The van der Waals surface area contributed by atoms with Crippen molar-refractivity contribution in [3.8, 4) is 0 Å². The predicted molar refractivity (Wildman–Crippen MR) is 162 cm³/mol. The molecule has 2 fully saturated rings. The van der Waals surface area contributed by atoms with Gasteiger partial charge in [-0.25, -0.2) is 4.79 Å². The number of nitrogens with zero attached hydrogens (tertiary/aromatic N) is 2. The number of hydrogen-bond donors (Lipinski definition) is 4. The molecule has 0 bridgehead atoms. The van der Waals surface area contributed by atoms with Gasteiger partial charge in [0.25, 0.3) is 5.91 Å². The maximum absolute atomic E-state index is 13.6. The normalized spacial score (nSPS) is 18.7. The summed E-state index contributed by atoms with van der Waals surface area (Å²) in [6.07, 6.45) is 6.85. The number of aromatic nitrogens is 1. The van der Waals surface area contributed by atoms with Crippen molar-refractivity contribution >= 4 is 35.3 Å². The van der Waals surface area contributed by atoms with E-state index >= 15 is 0 Å². The molecule has 0 radical (unpaired) electrons. The highest BCUT2D eigenvalue weighted by atomic mass is 16.2. The molecule has 2 aliphatic rings. The zero-order chi connectivity index (χ0) is 32.5. The maximum atomic E-state index is 13.6. The Morgan fingerprint density at radius 3 is 2.05 bits per heavy atom. The van der Waals surface area contributed by atoms with Crippen LogP contribution in [0.15, 0.2) is 24.4 Å². The highest BCUT2D eigenvalue weighted by Gasteiger charge is 2.42. The SMILES string of the molecule is CC(NC(=O)[C@@H]1CCCN1C(=O)C(NC(=O)NC(C(=O)c1ccccn1)C(C)C)C(C)(C)C)C(=O)C(N)=O.CC1CCC1. The van der Waals surface area contributed by atoms with Crippen molar-refractivity contribution in [1.82, 2.24) is 25.8 Å². The van der Waals surface area contributed by atoms with Crippen molar-refractivity contribution in [3.05, 3.63) is 30.1 Å². The Labute approximate surface area is 254 Å². The van der Waals surface area contributed by atoms with Gasteiger partial charge in [-0.1, -0.05) is 66.9 Å². The lowest BCUT2D eigenvalue weighted by molar-refractivity contribution is -0.143. The molecule has 12 nitrogen and oxygen atoms in total. The average molecular weight is 601 g/mol. The van der Waals surface area contributed by atoms with Gasteiger partial charge < -0.3 is 26.6 Å². The average Bonchev–Trinajstić information content (AvgIpc) is 3.42. The van der Waals surface area contributed by atoms with Gasteiger partial charge in [0.15, 0.2) is 0 Å². The van der Waals surface area contributed by atoms with Gasteiger partial charge in [0.2, 0.25) is 23.4 Å². The summed E-state index contributed by atoms with van der Waals surface area (Å²) >= 11 is 0. The van der Waals surface area contributed by atoms with Crippen LogP contribution in [-0.2, 0) is 19.2 Å².